The lowest BCUT2D eigenvalue weighted by Gasteiger charge is -2.15. The second kappa shape index (κ2) is 8.32. The van der Waals surface area contributed by atoms with Crippen molar-refractivity contribution in [1.29, 1.82) is 0 Å². The second-order valence-electron chi connectivity index (χ2n) is 9.13. The van der Waals surface area contributed by atoms with Gasteiger partial charge in [0.05, 0.1) is 12.6 Å². The molecule has 3 aromatic carbocycles. The van der Waals surface area contributed by atoms with Crippen molar-refractivity contribution in [2.45, 2.75) is 33.6 Å². The quantitative estimate of drug-likeness (QED) is 0.282. The van der Waals surface area contributed by atoms with Gasteiger partial charge < -0.3 is 0 Å². The molecule has 0 aliphatic heterocycles. The molecule has 0 atom stereocenters. The Labute approximate surface area is 196 Å². The third kappa shape index (κ3) is 3.54. The third-order valence-corrected chi connectivity index (χ3v) is 6.72. The van der Waals surface area contributed by atoms with E-state index < -0.39 is 0 Å². The second-order valence-corrected chi connectivity index (χ2v) is 9.13. The van der Waals surface area contributed by atoms with Crippen LogP contribution >= 0.6 is 0 Å². The smallest absolute Gasteiger partial charge is 0.263 e. The van der Waals surface area contributed by atoms with Crippen LogP contribution in [0.4, 0.5) is 0 Å². The molecule has 0 saturated heterocycles. The van der Waals surface area contributed by atoms with Gasteiger partial charge in [0, 0.05) is 18.0 Å². The first-order valence-electron chi connectivity index (χ1n) is 11.6. The maximum absolute atomic E-state index is 4.55. The molecule has 0 aliphatic rings. The minimum atomic E-state index is 0.375. The van der Waals surface area contributed by atoms with Crippen LogP contribution in [0.1, 0.15) is 36.5 Å². The lowest BCUT2D eigenvalue weighted by atomic mass is 9.95. The number of hydrogen-bond donors (Lipinski definition) is 0. The Bertz CT molecular complexity index is 1460. The molecule has 3 heteroatoms. The van der Waals surface area contributed by atoms with E-state index in [1.807, 2.05) is 12.4 Å². The molecule has 0 spiro atoms. The number of fused-ring (bicyclic) bond motifs is 1. The van der Waals surface area contributed by atoms with E-state index in [1.54, 1.807) is 0 Å². The van der Waals surface area contributed by atoms with Crippen molar-refractivity contribution in [2.75, 3.05) is 0 Å². The van der Waals surface area contributed by atoms with Crippen LogP contribution in [-0.2, 0) is 7.05 Å². The van der Waals surface area contributed by atoms with Crippen molar-refractivity contribution in [2.24, 2.45) is 7.05 Å². The number of para-hydroxylation sites is 2. The summed E-state index contributed by atoms with van der Waals surface area (Å²) in [7, 11) is 2.16. The van der Waals surface area contributed by atoms with Crippen molar-refractivity contribution >= 4 is 11.0 Å². The lowest BCUT2D eigenvalue weighted by molar-refractivity contribution is -0.633. The van der Waals surface area contributed by atoms with Crippen LogP contribution in [0.2, 0.25) is 0 Å². The molecule has 0 N–H and O–H groups in total. The van der Waals surface area contributed by atoms with Gasteiger partial charge in [-0.15, -0.1) is 0 Å². The Morgan fingerprint density at radius 3 is 2.30 bits per heavy atom. The third-order valence-electron chi connectivity index (χ3n) is 6.72. The van der Waals surface area contributed by atoms with Crippen LogP contribution in [0.15, 0.2) is 85.2 Å². The van der Waals surface area contributed by atoms with Gasteiger partial charge in [-0.3, -0.25) is 4.98 Å². The zero-order valence-corrected chi connectivity index (χ0v) is 20.0. The number of aryl methyl sites for hydroxylation is 2. The van der Waals surface area contributed by atoms with Gasteiger partial charge in [0.2, 0.25) is 0 Å². The van der Waals surface area contributed by atoms with Crippen molar-refractivity contribution in [3.63, 3.8) is 0 Å². The summed E-state index contributed by atoms with van der Waals surface area (Å²) in [6, 6.07) is 26.2. The Morgan fingerprint density at radius 1 is 0.818 bits per heavy atom. The van der Waals surface area contributed by atoms with Gasteiger partial charge in [-0.05, 0) is 66.3 Å². The van der Waals surface area contributed by atoms with Gasteiger partial charge >= 0.3 is 0 Å². The van der Waals surface area contributed by atoms with Crippen molar-refractivity contribution in [3.05, 3.63) is 102 Å². The Hall–Kier alpha value is -3.72. The molecule has 0 unspecified atom stereocenters. The van der Waals surface area contributed by atoms with Gasteiger partial charge in [0.15, 0.2) is 11.0 Å². The first-order chi connectivity index (χ1) is 16.0. The van der Waals surface area contributed by atoms with Crippen LogP contribution in [0, 0.1) is 13.8 Å². The molecule has 2 aromatic heterocycles. The zero-order valence-electron chi connectivity index (χ0n) is 20.0. The van der Waals surface area contributed by atoms with Gasteiger partial charge in [-0.1, -0.05) is 62.4 Å². The van der Waals surface area contributed by atoms with E-state index in [9.17, 15) is 0 Å². The molecule has 5 aromatic rings. The number of benzene rings is 3. The highest BCUT2D eigenvalue weighted by molar-refractivity contribution is 5.81. The number of rotatable bonds is 4. The normalized spacial score (nSPS) is 11.5. The van der Waals surface area contributed by atoms with E-state index in [1.165, 1.54) is 44.5 Å². The largest absolute Gasteiger partial charge is 0.296 e. The molecule has 33 heavy (non-hydrogen) atoms. The number of nitrogens with zero attached hydrogens (tertiary/aromatic N) is 3. The molecule has 5 rings (SSSR count). The molecule has 0 amide bonds. The summed E-state index contributed by atoms with van der Waals surface area (Å²) in [5, 5.41) is 0. The van der Waals surface area contributed by atoms with Crippen LogP contribution in [0.5, 0.6) is 0 Å². The number of aromatic nitrogens is 3. The Kier molecular flexibility index (Phi) is 5.33. The molecule has 0 radical (unpaired) electrons. The fourth-order valence-corrected chi connectivity index (χ4v) is 4.75. The maximum atomic E-state index is 4.55. The first-order valence-corrected chi connectivity index (χ1v) is 11.6. The van der Waals surface area contributed by atoms with Gasteiger partial charge in [0.25, 0.3) is 5.82 Å². The summed E-state index contributed by atoms with van der Waals surface area (Å²) in [4.78, 5) is 4.55. The van der Waals surface area contributed by atoms with Gasteiger partial charge in [-0.25, -0.2) is 4.57 Å². The van der Waals surface area contributed by atoms with Crippen molar-refractivity contribution < 1.29 is 4.57 Å². The highest BCUT2D eigenvalue weighted by Crippen LogP contribution is 2.35. The monoisotopic (exact) mass is 432 g/mol. The van der Waals surface area contributed by atoms with Gasteiger partial charge in [-0.2, -0.15) is 4.57 Å². The first kappa shape index (κ1) is 21.1. The lowest BCUT2D eigenvalue weighted by Crippen LogP contribution is -2.30. The predicted molar refractivity (Wildman–Crippen MR) is 137 cm³/mol. The zero-order chi connectivity index (χ0) is 23.1. The molecule has 0 fully saturated rings. The summed E-state index contributed by atoms with van der Waals surface area (Å²) in [6.07, 6.45) is 3.94. The van der Waals surface area contributed by atoms with Gasteiger partial charge in [0.1, 0.15) is 5.69 Å². The summed E-state index contributed by atoms with van der Waals surface area (Å²) in [5.74, 6) is 1.53. The summed E-state index contributed by atoms with van der Waals surface area (Å²) in [6.45, 7) is 8.88. The Balaban J connectivity index is 1.85. The van der Waals surface area contributed by atoms with E-state index >= 15 is 0 Å². The molecule has 0 bridgehead atoms. The predicted octanol–water partition coefficient (Wildman–Crippen LogP) is 6.92. The number of hydrogen-bond acceptors (Lipinski definition) is 1. The highest BCUT2D eigenvalue weighted by Gasteiger charge is 2.29. The van der Waals surface area contributed by atoms with Crippen LogP contribution in [0.3, 0.4) is 0 Å². The summed E-state index contributed by atoms with van der Waals surface area (Å²) >= 11 is 0. The molecule has 0 aliphatic carbocycles. The minimum absolute atomic E-state index is 0.375. The standard InChI is InChI=1S/C30H30N3/c1-20(2)25-17-24(23-11-7-6-8-12-23)15-16-27(25)33-29-14-10-9-13-28(29)32(5)30(33)26-19-31-18-21(3)22(26)4/h6-20H,1-5H3/q+1. The fourth-order valence-electron chi connectivity index (χ4n) is 4.75. The van der Waals surface area contributed by atoms with Crippen LogP contribution < -0.4 is 4.57 Å². The number of imidazole rings is 1. The number of pyridine rings is 1. The van der Waals surface area contributed by atoms with E-state index in [-0.39, 0.29) is 0 Å². The molecular weight excluding hydrogens is 402 g/mol. The highest BCUT2D eigenvalue weighted by atomic mass is 15.2. The summed E-state index contributed by atoms with van der Waals surface area (Å²) < 4.78 is 4.72. The SMILES string of the molecule is Cc1cncc(-c2n(-c3ccc(-c4ccccc4)cc3C(C)C)c3ccccc3[n+]2C)c1C. The van der Waals surface area contributed by atoms with Crippen molar-refractivity contribution in [1.82, 2.24) is 9.55 Å². The Morgan fingerprint density at radius 2 is 1.55 bits per heavy atom. The average Bonchev–Trinajstić information content (AvgIpc) is 3.13. The summed E-state index contributed by atoms with van der Waals surface area (Å²) in [5.41, 5.74) is 11.1. The maximum Gasteiger partial charge on any atom is 0.296 e. The van der Waals surface area contributed by atoms with E-state index in [2.05, 4.69) is 122 Å². The molecule has 0 saturated carbocycles. The van der Waals surface area contributed by atoms with E-state index in [4.69, 9.17) is 0 Å². The molecule has 164 valence electrons. The van der Waals surface area contributed by atoms with Crippen LogP contribution in [-0.4, -0.2) is 9.55 Å². The van der Waals surface area contributed by atoms with E-state index in [0.29, 0.717) is 5.92 Å². The topological polar surface area (TPSA) is 21.7 Å². The van der Waals surface area contributed by atoms with Crippen molar-refractivity contribution in [3.8, 4) is 28.2 Å². The molecule has 3 nitrogen and oxygen atoms in total. The minimum Gasteiger partial charge on any atom is -0.263 e. The molecular formula is C30H30N3+. The fraction of sp³-hybridized carbons (Fsp3) is 0.200. The molecule has 2 heterocycles. The van der Waals surface area contributed by atoms with E-state index in [0.717, 1.165) is 11.4 Å². The van der Waals surface area contributed by atoms with Crippen LogP contribution in [0.25, 0.3) is 39.2 Å². The average molecular weight is 433 g/mol.